The molecule has 0 aromatic heterocycles. The van der Waals surface area contributed by atoms with Gasteiger partial charge in [0, 0.05) is 17.7 Å². The van der Waals surface area contributed by atoms with Gasteiger partial charge >= 0.3 is 0 Å². The number of rotatable bonds is 6. The van der Waals surface area contributed by atoms with Gasteiger partial charge in [-0.2, -0.15) is 0 Å². The van der Waals surface area contributed by atoms with Crippen molar-refractivity contribution in [3.05, 3.63) is 69.2 Å². The second-order valence-electron chi connectivity index (χ2n) is 4.34. The van der Waals surface area contributed by atoms with Crippen molar-refractivity contribution in [2.75, 3.05) is 13.2 Å². The number of benzene rings is 2. The number of non-ortho nitro benzene ring substituents is 1. The van der Waals surface area contributed by atoms with Gasteiger partial charge in [-0.05, 0) is 24.3 Å². The normalized spacial score (nSPS) is 10.0. The van der Waals surface area contributed by atoms with Gasteiger partial charge in [0.15, 0.2) is 0 Å². The minimum atomic E-state index is -0.515. The summed E-state index contributed by atoms with van der Waals surface area (Å²) in [6, 6.07) is 12.4. The maximum atomic E-state index is 11.8. The molecule has 0 heterocycles. The molecule has 0 spiro atoms. The van der Waals surface area contributed by atoms with E-state index in [1.54, 1.807) is 24.3 Å². The summed E-state index contributed by atoms with van der Waals surface area (Å²) in [6.45, 7) is 0.559. The van der Waals surface area contributed by atoms with Crippen molar-refractivity contribution in [3.8, 4) is 5.75 Å². The highest BCUT2D eigenvalue weighted by Crippen LogP contribution is 2.22. The van der Waals surface area contributed by atoms with Crippen molar-refractivity contribution in [2.45, 2.75) is 0 Å². The van der Waals surface area contributed by atoms with E-state index in [1.807, 2.05) is 0 Å². The molecule has 0 saturated heterocycles. The summed E-state index contributed by atoms with van der Waals surface area (Å²) in [7, 11) is 0. The summed E-state index contributed by atoms with van der Waals surface area (Å²) in [5, 5.41) is 13.7. The van der Waals surface area contributed by atoms with E-state index in [2.05, 4.69) is 5.32 Å². The third kappa shape index (κ3) is 4.20. The Kier molecular flexibility index (Phi) is 5.32. The molecule has 0 bridgehead atoms. The number of nitrogens with one attached hydrogen (secondary N) is 1. The van der Waals surface area contributed by atoms with Crippen molar-refractivity contribution in [1.29, 1.82) is 0 Å². The van der Waals surface area contributed by atoms with Crippen LogP contribution in [0, 0.1) is 10.1 Å². The molecule has 2 rings (SSSR count). The molecule has 0 fully saturated rings. The predicted octanol–water partition coefficient (Wildman–Crippen LogP) is 3.06. The fourth-order valence-corrected chi connectivity index (χ4v) is 1.91. The second-order valence-corrected chi connectivity index (χ2v) is 4.75. The quantitative estimate of drug-likeness (QED) is 0.504. The zero-order valence-corrected chi connectivity index (χ0v) is 12.2. The molecule has 7 heteroatoms. The molecule has 1 N–H and O–H groups in total. The second kappa shape index (κ2) is 7.42. The van der Waals surface area contributed by atoms with E-state index in [9.17, 15) is 14.9 Å². The molecule has 22 heavy (non-hydrogen) atoms. The van der Waals surface area contributed by atoms with Crippen molar-refractivity contribution in [3.63, 3.8) is 0 Å². The lowest BCUT2D eigenvalue weighted by molar-refractivity contribution is -0.384. The van der Waals surface area contributed by atoms with E-state index in [0.29, 0.717) is 22.9 Å². The molecule has 1 amide bonds. The molecule has 114 valence electrons. The lowest BCUT2D eigenvalue weighted by Gasteiger charge is -2.08. The van der Waals surface area contributed by atoms with Crippen LogP contribution in [0.1, 0.15) is 10.4 Å². The summed E-state index contributed by atoms with van der Waals surface area (Å²) in [4.78, 5) is 21.9. The van der Waals surface area contributed by atoms with Crippen LogP contribution < -0.4 is 10.1 Å². The molecule has 0 aliphatic carbocycles. The summed E-state index contributed by atoms with van der Waals surface area (Å²) >= 11 is 5.93. The van der Waals surface area contributed by atoms with E-state index in [1.165, 1.54) is 24.3 Å². The van der Waals surface area contributed by atoms with Gasteiger partial charge in [0.1, 0.15) is 12.4 Å². The number of para-hydroxylation sites is 1. The van der Waals surface area contributed by atoms with Crippen molar-refractivity contribution >= 4 is 23.2 Å². The van der Waals surface area contributed by atoms with E-state index in [4.69, 9.17) is 16.3 Å². The van der Waals surface area contributed by atoms with Gasteiger partial charge < -0.3 is 10.1 Å². The molecular formula is C15H13ClN2O4. The van der Waals surface area contributed by atoms with Crippen LogP contribution in [0.2, 0.25) is 5.02 Å². The number of hydrogen-bond donors (Lipinski definition) is 1. The Morgan fingerprint density at radius 1 is 1.18 bits per heavy atom. The van der Waals surface area contributed by atoms with Gasteiger partial charge in [-0.3, -0.25) is 14.9 Å². The Balaban J connectivity index is 1.80. The zero-order chi connectivity index (χ0) is 15.9. The highest BCUT2D eigenvalue weighted by Gasteiger charge is 2.09. The van der Waals surface area contributed by atoms with Crippen molar-refractivity contribution in [2.24, 2.45) is 0 Å². The third-order valence-electron chi connectivity index (χ3n) is 2.82. The van der Waals surface area contributed by atoms with Crippen LogP contribution in [0.15, 0.2) is 48.5 Å². The highest BCUT2D eigenvalue weighted by molar-refractivity contribution is 6.32. The van der Waals surface area contributed by atoms with Gasteiger partial charge in [-0.15, -0.1) is 0 Å². The number of nitro groups is 1. The van der Waals surface area contributed by atoms with Crippen LogP contribution in [0.4, 0.5) is 5.69 Å². The summed E-state index contributed by atoms with van der Waals surface area (Å²) in [5.74, 6) is 0.228. The monoisotopic (exact) mass is 320 g/mol. The Labute approximate surface area is 131 Å². The van der Waals surface area contributed by atoms with Crippen LogP contribution in [-0.2, 0) is 0 Å². The van der Waals surface area contributed by atoms with E-state index < -0.39 is 4.92 Å². The Morgan fingerprint density at radius 3 is 2.50 bits per heavy atom. The summed E-state index contributed by atoms with van der Waals surface area (Å²) < 4.78 is 5.44. The smallest absolute Gasteiger partial charge is 0.269 e. The molecule has 0 unspecified atom stereocenters. The molecule has 0 atom stereocenters. The maximum absolute atomic E-state index is 11.8. The molecule has 6 nitrogen and oxygen atoms in total. The fourth-order valence-electron chi connectivity index (χ4n) is 1.72. The van der Waals surface area contributed by atoms with Gasteiger partial charge in [-0.25, -0.2) is 0 Å². The molecule has 0 saturated carbocycles. The number of hydrogen-bond acceptors (Lipinski definition) is 4. The number of carbonyl (C=O) groups excluding carboxylic acids is 1. The number of carbonyl (C=O) groups is 1. The largest absolute Gasteiger partial charge is 0.490 e. The van der Waals surface area contributed by atoms with Crippen LogP contribution >= 0.6 is 11.6 Å². The van der Waals surface area contributed by atoms with Crippen LogP contribution in [0.3, 0.4) is 0 Å². The molecular weight excluding hydrogens is 308 g/mol. The minimum Gasteiger partial charge on any atom is -0.490 e. The first kappa shape index (κ1) is 15.8. The van der Waals surface area contributed by atoms with E-state index in [-0.39, 0.29) is 18.2 Å². The SMILES string of the molecule is O=C(NCCOc1ccccc1Cl)c1ccc([N+](=O)[O-])cc1. The maximum Gasteiger partial charge on any atom is 0.269 e. The Hall–Kier alpha value is -2.60. The van der Waals surface area contributed by atoms with Crippen molar-refractivity contribution in [1.82, 2.24) is 5.32 Å². The first-order valence-corrected chi connectivity index (χ1v) is 6.85. The van der Waals surface area contributed by atoms with E-state index >= 15 is 0 Å². The minimum absolute atomic E-state index is 0.0568. The molecule has 0 aliphatic heterocycles. The molecule has 0 aliphatic rings. The topological polar surface area (TPSA) is 81.5 Å². The summed E-state index contributed by atoms with van der Waals surface area (Å²) in [6.07, 6.45) is 0. The van der Waals surface area contributed by atoms with Crippen LogP contribution in [-0.4, -0.2) is 24.0 Å². The fraction of sp³-hybridized carbons (Fsp3) is 0.133. The first-order chi connectivity index (χ1) is 10.6. The number of nitro benzene ring substituents is 1. The predicted molar refractivity (Wildman–Crippen MR) is 82.4 cm³/mol. The molecule has 0 radical (unpaired) electrons. The van der Waals surface area contributed by atoms with Gasteiger partial charge in [0.25, 0.3) is 11.6 Å². The van der Waals surface area contributed by atoms with Gasteiger partial charge in [0.2, 0.25) is 0 Å². The van der Waals surface area contributed by atoms with Crippen LogP contribution in [0.5, 0.6) is 5.75 Å². The zero-order valence-electron chi connectivity index (χ0n) is 11.5. The standard InChI is InChI=1S/C15H13ClN2O4/c16-13-3-1-2-4-14(13)22-10-9-17-15(19)11-5-7-12(8-6-11)18(20)21/h1-8H,9-10H2,(H,17,19). The van der Waals surface area contributed by atoms with E-state index in [0.717, 1.165) is 0 Å². The Bertz CT molecular complexity index is 673. The molecule has 2 aromatic carbocycles. The van der Waals surface area contributed by atoms with Crippen LogP contribution in [0.25, 0.3) is 0 Å². The first-order valence-electron chi connectivity index (χ1n) is 6.48. The highest BCUT2D eigenvalue weighted by atomic mass is 35.5. The van der Waals surface area contributed by atoms with Gasteiger partial charge in [-0.1, -0.05) is 23.7 Å². The van der Waals surface area contributed by atoms with Gasteiger partial charge in [0.05, 0.1) is 16.5 Å². The number of amides is 1. The van der Waals surface area contributed by atoms with Crippen molar-refractivity contribution < 1.29 is 14.5 Å². The average molecular weight is 321 g/mol. The third-order valence-corrected chi connectivity index (χ3v) is 3.13. The number of halogens is 1. The number of nitrogens with zero attached hydrogens (tertiary/aromatic N) is 1. The summed E-state index contributed by atoms with van der Waals surface area (Å²) in [5.41, 5.74) is 0.293. The molecule has 2 aromatic rings. The average Bonchev–Trinajstić information content (AvgIpc) is 2.53. The number of ether oxygens (including phenoxy) is 1. The Morgan fingerprint density at radius 2 is 1.86 bits per heavy atom. The lowest BCUT2D eigenvalue weighted by atomic mass is 10.2. The lowest BCUT2D eigenvalue weighted by Crippen LogP contribution is -2.28.